The van der Waals surface area contributed by atoms with Gasteiger partial charge in [-0.2, -0.15) is 38.5 Å². The van der Waals surface area contributed by atoms with Crippen LogP contribution in [0.25, 0.3) is 111 Å². The van der Waals surface area contributed by atoms with Gasteiger partial charge >= 0.3 is 5.97 Å². The van der Waals surface area contributed by atoms with Gasteiger partial charge in [0.1, 0.15) is 78.2 Å². The summed E-state index contributed by atoms with van der Waals surface area (Å²) in [7, 11) is 6.45. The van der Waals surface area contributed by atoms with Crippen molar-refractivity contribution >= 4 is 107 Å². The number of benzene rings is 8. The third kappa shape index (κ3) is 18.1. The number of aromatic carboxylic acids is 1. The molecule has 634 valence electrons. The Labute approximate surface area is 733 Å². The Morgan fingerprint density at radius 2 is 0.648 bits per heavy atom. The number of carboxylic acid groups (broad SMARTS) is 1. The normalized spacial score (nSPS) is 11.1. The highest BCUT2D eigenvalue weighted by Crippen LogP contribution is 2.35. The van der Waals surface area contributed by atoms with E-state index in [0.717, 1.165) is 77.7 Å². The highest BCUT2D eigenvalue weighted by atomic mass is 35.5. The SMILES string of the molecule is COc1ccc2c(OCc3nnc4ccc(-c5ccc(C(=O)O)c(Cl)c5)nn34)ccnc2c1.COc1ccc2c(OCc3nnc4ccc(-c5ccc(C(C)=O)cc5)nn34)ccnc2c1.COc1ccc2c(OCc3nnc4ccc(-c5ccc(C(N)=O)cc5)nn34)ccnc2c1.COc1ccc2c(OCc3nnc4ccc(-c5ccc(F)c(Cl)c5)nn34)ccnc2c1. The van der Waals surface area contributed by atoms with Gasteiger partial charge < -0.3 is 48.7 Å². The van der Waals surface area contributed by atoms with Gasteiger partial charge in [-0.3, -0.25) is 29.5 Å². The average molecular weight is 1750 g/mol. The molecule has 3 N–H and O–H groups in total. The molecule has 0 spiro atoms. The Morgan fingerprint density at radius 1 is 0.352 bits per heavy atom. The fraction of sp³-hybridized carbons (Fsp3) is 0.0978. The fourth-order valence-electron chi connectivity index (χ4n) is 13.5. The summed E-state index contributed by atoms with van der Waals surface area (Å²) < 4.78 is 65.1. The van der Waals surface area contributed by atoms with Crippen molar-refractivity contribution < 1.29 is 61.8 Å². The quantitative estimate of drug-likeness (QED) is 0.0562. The molecule has 0 bridgehead atoms. The van der Waals surface area contributed by atoms with Crippen LogP contribution in [0, 0.1) is 5.82 Å². The van der Waals surface area contributed by atoms with Gasteiger partial charge in [-0.15, -0.1) is 40.8 Å². The molecule has 33 nitrogen and oxygen atoms in total. The van der Waals surface area contributed by atoms with Crippen LogP contribution in [0.4, 0.5) is 4.39 Å². The lowest BCUT2D eigenvalue weighted by Gasteiger charge is -2.09. The van der Waals surface area contributed by atoms with Crippen molar-refractivity contribution in [3.8, 4) is 91.0 Å². The molecule has 12 heterocycles. The maximum absolute atomic E-state index is 13.5. The van der Waals surface area contributed by atoms with Crippen LogP contribution in [0.15, 0.2) is 255 Å². The molecule has 0 radical (unpaired) electrons. The van der Waals surface area contributed by atoms with E-state index < -0.39 is 17.7 Å². The first-order valence-electron chi connectivity index (χ1n) is 39.0. The zero-order valence-electron chi connectivity index (χ0n) is 68.2. The molecule has 0 atom stereocenters. The largest absolute Gasteiger partial charge is 0.497 e. The van der Waals surface area contributed by atoms with Crippen LogP contribution in [-0.4, -0.2) is 150 Å². The number of nitrogens with zero attached hydrogens (tertiary/aromatic N) is 20. The second kappa shape index (κ2) is 37.1. The van der Waals surface area contributed by atoms with Crippen LogP contribution >= 0.6 is 23.2 Å². The average Bonchev–Trinajstić information content (AvgIpc) is 1.70. The number of aromatic nitrogens is 20. The molecule has 1 amide bonds. The summed E-state index contributed by atoms with van der Waals surface area (Å²) in [6.07, 6.45) is 6.72. The van der Waals surface area contributed by atoms with Gasteiger partial charge in [0.2, 0.25) is 5.91 Å². The molecule has 0 aliphatic rings. The number of halogens is 3. The van der Waals surface area contributed by atoms with Gasteiger partial charge in [0.25, 0.3) is 0 Å². The summed E-state index contributed by atoms with van der Waals surface area (Å²) in [6, 6.07) is 67.5. The molecule has 128 heavy (non-hydrogen) atoms. The molecule has 0 aliphatic carbocycles. The lowest BCUT2D eigenvalue weighted by Crippen LogP contribution is -2.10. The topological polar surface area (TPSA) is 395 Å². The first kappa shape index (κ1) is 83.4. The van der Waals surface area contributed by atoms with Gasteiger partial charge in [-0.05, 0) is 171 Å². The molecule has 20 rings (SSSR count). The van der Waals surface area contributed by atoms with Crippen LogP contribution in [0.3, 0.4) is 0 Å². The maximum atomic E-state index is 13.5. The molecule has 0 aliphatic heterocycles. The number of carbonyl (C=O) groups excluding carboxylic acids is 2. The first-order chi connectivity index (χ1) is 62.4. The zero-order chi connectivity index (χ0) is 88.5. The first-order valence-corrected chi connectivity index (χ1v) is 39.7. The van der Waals surface area contributed by atoms with Crippen LogP contribution in [0.1, 0.15) is 61.3 Å². The molecule has 0 unspecified atom stereocenters. The fourth-order valence-corrected chi connectivity index (χ4v) is 13.9. The third-order valence-electron chi connectivity index (χ3n) is 20.1. The van der Waals surface area contributed by atoms with Gasteiger partial charge in [0.15, 0.2) is 51.7 Å². The highest BCUT2D eigenvalue weighted by Gasteiger charge is 2.20. The lowest BCUT2D eigenvalue weighted by atomic mass is 10.1. The van der Waals surface area contributed by atoms with Crippen molar-refractivity contribution in [2.45, 2.75) is 33.4 Å². The Morgan fingerprint density at radius 3 is 0.938 bits per heavy atom. The minimum Gasteiger partial charge on any atom is -0.497 e. The zero-order valence-corrected chi connectivity index (χ0v) is 69.7. The number of methoxy groups -OCH3 is 4. The van der Waals surface area contributed by atoms with Crippen molar-refractivity contribution in [2.75, 3.05) is 28.4 Å². The van der Waals surface area contributed by atoms with E-state index in [1.165, 1.54) is 18.2 Å². The van der Waals surface area contributed by atoms with Crippen LogP contribution in [-0.2, 0) is 26.4 Å². The monoisotopic (exact) mass is 1750 g/mol. The Balaban J connectivity index is 0.000000120. The van der Waals surface area contributed by atoms with Gasteiger partial charge in [-0.25, -0.2) is 9.18 Å². The second-order valence-electron chi connectivity index (χ2n) is 28.0. The van der Waals surface area contributed by atoms with Gasteiger partial charge in [0.05, 0.1) is 88.9 Å². The summed E-state index contributed by atoms with van der Waals surface area (Å²) in [5.41, 5.74) is 17.6. The molecule has 0 fully saturated rings. The van der Waals surface area contributed by atoms with E-state index in [0.29, 0.717) is 114 Å². The van der Waals surface area contributed by atoms with E-state index in [1.807, 2.05) is 115 Å². The van der Waals surface area contributed by atoms with Gasteiger partial charge in [0, 0.05) is 104 Å². The van der Waals surface area contributed by atoms with Crippen LogP contribution < -0.4 is 43.6 Å². The number of Topliss-reactive ketones (excluding diaryl/α,β-unsaturated/α-hetero) is 1. The summed E-state index contributed by atoms with van der Waals surface area (Å²) in [5.74, 6) is 5.68. The number of hydrogen-bond acceptors (Lipinski definition) is 27. The number of fused-ring (bicyclic) bond motifs is 8. The van der Waals surface area contributed by atoms with Crippen molar-refractivity contribution in [1.82, 2.24) is 99.2 Å². The molecule has 12 aromatic heterocycles. The molecule has 8 aromatic carbocycles. The number of carboxylic acids is 1. The van der Waals surface area contributed by atoms with E-state index in [2.05, 4.69) is 81.1 Å². The minimum absolute atomic E-state index is 0.0280. The van der Waals surface area contributed by atoms with Crippen molar-refractivity contribution in [1.29, 1.82) is 0 Å². The predicted octanol–water partition coefficient (Wildman–Crippen LogP) is 16.2. The number of rotatable bonds is 23. The summed E-state index contributed by atoms with van der Waals surface area (Å²) in [4.78, 5) is 51.5. The number of hydrogen-bond donors (Lipinski definition) is 2. The van der Waals surface area contributed by atoms with E-state index >= 15 is 0 Å². The molecule has 36 heteroatoms. The standard InChI is InChI=1S/C24H19N5O3.C23H16ClN5O4.C23H18N6O3.C22H15ClFN5O2/c1-15(30)16-3-5-17(6-4-16)20-9-10-23-26-27-24(29(23)28-20)14-32-22-11-12-25-21-13-18(31-2)7-8-19(21)22;1-32-14-3-5-16-19(11-14)25-9-8-20(16)33-12-22-27-26-21-7-6-18(28-29(21)22)13-2-4-15(23(30)31)17(24)10-13;1-31-16-6-7-17-19(12-16)25-11-10-20(17)32-13-22-27-26-21-9-8-18(28-29(21)22)14-2-4-15(5-3-14)23(24)30;1-30-14-3-4-15-19(11-14)25-9-8-20(15)31-12-22-27-26-21-7-6-18(28-29(21)22)13-2-5-17(24)16(23)10-13/h3-13H,14H2,1-2H3;2-11H,12H2,1H3,(H,30,31);2-12H,13H2,1H3,(H2,24,30);2-11H,12H2,1H3. The number of ketones is 1. The number of pyridine rings is 4. The maximum Gasteiger partial charge on any atom is 0.337 e. The third-order valence-corrected chi connectivity index (χ3v) is 20.7. The lowest BCUT2D eigenvalue weighted by molar-refractivity contribution is 0.0696. The van der Waals surface area contributed by atoms with E-state index in [-0.39, 0.29) is 47.8 Å². The van der Waals surface area contributed by atoms with Crippen LogP contribution in [0.5, 0.6) is 46.0 Å². The van der Waals surface area contributed by atoms with Crippen molar-refractivity contribution in [2.24, 2.45) is 5.73 Å². The Bertz CT molecular complexity index is 7390. The Hall–Kier alpha value is -16.9. The van der Waals surface area contributed by atoms with Crippen molar-refractivity contribution in [3.63, 3.8) is 0 Å². The molecular weight excluding hydrogens is 1680 g/mol. The highest BCUT2D eigenvalue weighted by molar-refractivity contribution is 6.33. The summed E-state index contributed by atoms with van der Waals surface area (Å²) in [6.45, 7) is 2.18. The Kier molecular flexibility index (Phi) is 24.1. The van der Waals surface area contributed by atoms with E-state index in [1.54, 1.807) is 175 Å². The molecule has 0 saturated carbocycles. The van der Waals surface area contributed by atoms with Crippen molar-refractivity contribution in [3.05, 3.63) is 311 Å². The van der Waals surface area contributed by atoms with Gasteiger partial charge in [-0.1, -0.05) is 65.7 Å². The second-order valence-corrected chi connectivity index (χ2v) is 28.9. The number of carbonyl (C=O) groups is 3. The summed E-state index contributed by atoms with van der Waals surface area (Å²) >= 11 is 12.0. The van der Waals surface area contributed by atoms with E-state index in [4.69, 9.17) is 66.8 Å². The van der Waals surface area contributed by atoms with E-state index in [9.17, 15) is 23.9 Å². The molecule has 20 aromatic rings. The number of primary amides is 1. The smallest absolute Gasteiger partial charge is 0.337 e. The molecule has 0 saturated heterocycles. The molecular formula is C92H68Cl2FN21O12. The number of ether oxygens (including phenoxy) is 8. The summed E-state index contributed by atoms with van der Waals surface area (Å²) in [5, 5.41) is 64.7. The number of amides is 1. The predicted molar refractivity (Wildman–Crippen MR) is 471 cm³/mol. The van der Waals surface area contributed by atoms with Crippen LogP contribution in [0.2, 0.25) is 10.0 Å². The number of nitrogens with two attached hydrogens (primary N) is 1. The minimum atomic E-state index is -1.09.